The van der Waals surface area contributed by atoms with Gasteiger partial charge in [-0.15, -0.1) is 0 Å². The molecule has 0 aromatic heterocycles. The summed E-state index contributed by atoms with van der Waals surface area (Å²) in [5, 5.41) is 13.4. The van der Waals surface area contributed by atoms with Crippen LogP contribution in [0.2, 0.25) is 0 Å². The van der Waals surface area contributed by atoms with Crippen LogP contribution in [-0.4, -0.2) is 41.8 Å². The number of hydrogen-bond donors (Lipinski definition) is 2. The average Bonchev–Trinajstić information content (AvgIpc) is 2.96. The summed E-state index contributed by atoms with van der Waals surface area (Å²) >= 11 is 0. The maximum atomic E-state index is 9.73. The molecule has 2 aliphatic heterocycles. The fourth-order valence-corrected chi connectivity index (χ4v) is 3.61. The van der Waals surface area contributed by atoms with Crippen molar-refractivity contribution in [3.05, 3.63) is 23.8 Å². The number of aromatic hydroxyl groups is 1. The number of benzene rings is 1. The van der Waals surface area contributed by atoms with Crippen LogP contribution in [0.5, 0.6) is 11.5 Å². The number of ether oxygens (including phenoxy) is 1. The number of phenols is 1. The number of piperidine rings is 1. The van der Waals surface area contributed by atoms with Crippen molar-refractivity contribution in [2.24, 2.45) is 0 Å². The summed E-state index contributed by atoms with van der Waals surface area (Å²) < 4.78 is 5.44. The lowest BCUT2D eigenvalue weighted by atomic mass is 9.97. The van der Waals surface area contributed by atoms with Gasteiger partial charge in [-0.2, -0.15) is 0 Å². The molecule has 21 heavy (non-hydrogen) atoms. The van der Waals surface area contributed by atoms with Crippen LogP contribution in [0.4, 0.5) is 0 Å². The first-order valence-electron chi connectivity index (χ1n) is 8.18. The van der Waals surface area contributed by atoms with Crippen LogP contribution in [0.25, 0.3) is 0 Å². The molecule has 116 valence electrons. The molecule has 1 aromatic rings. The lowest BCUT2D eigenvalue weighted by Crippen LogP contribution is -2.45. The van der Waals surface area contributed by atoms with Crippen molar-refractivity contribution < 1.29 is 9.84 Å². The fourth-order valence-electron chi connectivity index (χ4n) is 3.61. The van der Waals surface area contributed by atoms with Crippen molar-refractivity contribution in [1.29, 1.82) is 0 Å². The van der Waals surface area contributed by atoms with Crippen LogP contribution in [0.15, 0.2) is 18.2 Å². The predicted molar refractivity (Wildman–Crippen MR) is 83.7 cm³/mol. The summed E-state index contributed by atoms with van der Waals surface area (Å²) in [5.74, 6) is 0.808. The minimum Gasteiger partial charge on any atom is -0.504 e. The molecule has 0 amide bonds. The zero-order valence-electron chi connectivity index (χ0n) is 12.8. The van der Waals surface area contributed by atoms with Crippen molar-refractivity contribution in [2.45, 2.75) is 51.2 Å². The van der Waals surface area contributed by atoms with Crippen molar-refractivity contribution in [1.82, 2.24) is 10.2 Å². The first kappa shape index (κ1) is 14.7. The molecule has 2 aliphatic rings. The van der Waals surface area contributed by atoms with Gasteiger partial charge in [-0.1, -0.05) is 6.07 Å². The SMILES string of the molecule is CCOc1cc(CNC2CCN3CCCC3C2)ccc1O. The van der Waals surface area contributed by atoms with Gasteiger partial charge in [0.2, 0.25) is 0 Å². The zero-order chi connectivity index (χ0) is 14.7. The van der Waals surface area contributed by atoms with Crippen molar-refractivity contribution in [2.75, 3.05) is 19.7 Å². The number of nitrogens with zero attached hydrogens (tertiary/aromatic N) is 1. The Kier molecular flexibility index (Phi) is 4.66. The molecule has 0 radical (unpaired) electrons. The highest BCUT2D eigenvalue weighted by molar-refractivity contribution is 5.41. The second-order valence-electron chi connectivity index (χ2n) is 6.17. The molecule has 0 saturated carbocycles. The summed E-state index contributed by atoms with van der Waals surface area (Å²) in [6, 6.07) is 7.05. The Labute approximate surface area is 127 Å². The van der Waals surface area contributed by atoms with Crippen LogP contribution >= 0.6 is 0 Å². The molecule has 2 N–H and O–H groups in total. The standard InChI is InChI=1S/C17H26N2O2/c1-2-21-17-10-13(5-6-16(17)20)12-18-14-7-9-19-8-3-4-15(19)11-14/h5-6,10,14-15,18,20H,2-4,7-9,11-12H2,1H3. The van der Waals surface area contributed by atoms with Gasteiger partial charge in [0.25, 0.3) is 0 Å². The summed E-state index contributed by atoms with van der Waals surface area (Å²) in [6.07, 6.45) is 5.25. The van der Waals surface area contributed by atoms with Crippen LogP contribution < -0.4 is 10.1 Å². The van der Waals surface area contributed by atoms with E-state index >= 15 is 0 Å². The maximum absolute atomic E-state index is 9.73. The molecule has 0 bridgehead atoms. The van der Waals surface area contributed by atoms with E-state index < -0.39 is 0 Å². The first-order chi connectivity index (χ1) is 10.3. The van der Waals surface area contributed by atoms with E-state index in [4.69, 9.17) is 4.74 Å². The van der Waals surface area contributed by atoms with Gasteiger partial charge in [0.1, 0.15) is 0 Å². The summed E-state index contributed by atoms with van der Waals surface area (Å²) in [4.78, 5) is 2.64. The number of phenolic OH excluding ortho intramolecular Hbond substituents is 1. The quantitative estimate of drug-likeness (QED) is 0.874. The summed E-state index contributed by atoms with van der Waals surface area (Å²) in [6.45, 7) is 5.89. The van der Waals surface area contributed by atoms with Gasteiger partial charge in [-0.25, -0.2) is 0 Å². The monoisotopic (exact) mass is 290 g/mol. The minimum atomic E-state index is 0.222. The highest BCUT2D eigenvalue weighted by Gasteiger charge is 2.31. The van der Waals surface area contributed by atoms with Gasteiger partial charge in [-0.05, 0) is 63.4 Å². The third kappa shape index (κ3) is 3.50. The Bertz CT molecular complexity index is 478. The third-order valence-electron chi connectivity index (χ3n) is 4.74. The summed E-state index contributed by atoms with van der Waals surface area (Å²) in [5.41, 5.74) is 1.17. The lowest BCUT2D eigenvalue weighted by Gasteiger charge is -2.35. The molecular weight excluding hydrogens is 264 g/mol. The fraction of sp³-hybridized carbons (Fsp3) is 0.647. The zero-order valence-corrected chi connectivity index (χ0v) is 12.8. The highest BCUT2D eigenvalue weighted by Crippen LogP contribution is 2.28. The van der Waals surface area contributed by atoms with Crippen LogP contribution in [0.1, 0.15) is 38.2 Å². The Morgan fingerprint density at radius 3 is 3.10 bits per heavy atom. The normalized spacial score (nSPS) is 25.8. The van der Waals surface area contributed by atoms with E-state index in [-0.39, 0.29) is 5.75 Å². The molecule has 4 nitrogen and oxygen atoms in total. The number of rotatable bonds is 5. The molecular formula is C17H26N2O2. The maximum Gasteiger partial charge on any atom is 0.161 e. The van der Waals surface area contributed by atoms with Crippen LogP contribution in [-0.2, 0) is 6.54 Å². The number of hydrogen-bond acceptors (Lipinski definition) is 4. The minimum absolute atomic E-state index is 0.222. The van der Waals surface area contributed by atoms with Gasteiger partial charge >= 0.3 is 0 Å². The van der Waals surface area contributed by atoms with Crippen molar-refractivity contribution in [3.8, 4) is 11.5 Å². The molecule has 2 heterocycles. The van der Waals surface area contributed by atoms with Gasteiger partial charge in [0.05, 0.1) is 6.61 Å². The van der Waals surface area contributed by atoms with E-state index in [2.05, 4.69) is 10.2 Å². The smallest absolute Gasteiger partial charge is 0.161 e. The average molecular weight is 290 g/mol. The third-order valence-corrected chi connectivity index (χ3v) is 4.74. The molecule has 2 fully saturated rings. The van der Waals surface area contributed by atoms with E-state index in [1.165, 1.54) is 44.3 Å². The van der Waals surface area contributed by atoms with Crippen molar-refractivity contribution in [3.63, 3.8) is 0 Å². The van der Waals surface area contributed by atoms with Gasteiger partial charge in [-0.3, -0.25) is 0 Å². The Balaban J connectivity index is 1.54. The molecule has 2 unspecified atom stereocenters. The lowest BCUT2D eigenvalue weighted by molar-refractivity contribution is 0.166. The Morgan fingerprint density at radius 1 is 1.33 bits per heavy atom. The molecule has 2 atom stereocenters. The molecule has 1 aromatic carbocycles. The molecule has 3 rings (SSSR count). The van der Waals surface area contributed by atoms with Gasteiger partial charge in [0, 0.05) is 18.6 Å². The Morgan fingerprint density at radius 2 is 2.24 bits per heavy atom. The largest absolute Gasteiger partial charge is 0.504 e. The van der Waals surface area contributed by atoms with E-state index in [0.717, 1.165) is 12.6 Å². The topological polar surface area (TPSA) is 44.7 Å². The molecule has 0 aliphatic carbocycles. The molecule has 2 saturated heterocycles. The second kappa shape index (κ2) is 6.67. The van der Waals surface area contributed by atoms with E-state index in [0.29, 0.717) is 18.4 Å². The second-order valence-corrected chi connectivity index (χ2v) is 6.17. The van der Waals surface area contributed by atoms with Crippen LogP contribution in [0, 0.1) is 0 Å². The Hall–Kier alpha value is -1.26. The van der Waals surface area contributed by atoms with E-state index in [9.17, 15) is 5.11 Å². The van der Waals surface area contributed by atoms with Gasteiger partial charge in [0.15, 0.2) is 11.5 Å². The van der Waals surface area contributed by atoms with Crippen molar-refractivity contribution >= 4 is 0 Å². The highest BCUT2D eigenvalue weighted by atomic mass is 16.5. The van der Waals surface area contributed by atoms with E-state index in [1.807, 2.05) is 19.1 Å². The summed E-state index contributed by atoms with van der Waals surface area (Å²) in [7, 11) is 0. The van der Waals surface area contributed by atoms with Gasteiger partial charge < -0.3 is 20.1 Å². The predicted octanol–water partition coefficient (Wildman–Crippen LogP) is 2.51. The first-order valence-corrected chi connectivity index (χ1v) is 8.18. The molecule has 0 spiro atoms. The van der Waals surface area contributed by atoms with E-state index in [1.54, 1.807) is 6.07 Å². The number of nitrogens with one attached hydrogen (secondary N) is 1. The molecule has 4 heteroatoms. The van der Waals surface area contributed by atoms with Crippen LogP contribution in [0.3, 0.4) is 0 Å². The number of fused-ring (bicyclic) bond motifs is 1.